The number of imide groups is 1. The number of rotatable bonds is 16. The van der Waals surface area contributed by atoms with Gasteiger partial charge in [-0.05, 0) is 126 Å². The summed E-state index contributed by atoms with van der Waals surface area (Å²) in [5, 5.41) is 15.8. The molecule has 332 valence electrons. The highest BCUT2D eigenvalue weighted by Gasteiger charge is 2.36. The van der Waals surface area contributed by atoms with Gasteiger partial charge in [-0.15, -0.1) is 0 Å². The molecule has 0 unspecified atom stereocenters. The van der Waals surface area contributed by atoms with Crippen molar-refractivity contribution in [2.24, 2.45) is 0 Å². The van der Waals surface area contributed by atoms with Crippen LogP contribution in [0.5, 0.6) is 0 Å². The number of aromatic nitrogens is 6. The number of anilines is 2. The van der Waals surface area contributed by atoms with Gasteiger partial charge in [-0.2, -0.15) is 5.10 Å². The van der Waals surface area contributed by atoms with E-state index in [4.69, 9.17) is 25.1 Å². The Bertz CT molecular complexity index is 2390. The number of nitrogens with one attached hydrogen (secondary N) is 2. The van der Waals surface area contributed by atoms with Gasteiger partial charge in [-0.3, -0.25) is 24.7 Å². The molecule has 1 atom stereocenters. The Balaban J connectivity index is 0.680. The largest absolute Gasteiger partial charge is 0.383 e. The normalized spacial score (nSPS) is 19.3. The van der Waals surface area contributed by atoms with Gasteiger partial charge < -0.3 is 30.1 Å². The van der Waals surface area contributed by atoms with Gasteiger partial charge in [0.1, 0.15) is 35.3 Å². The number of nitrogen functional groups attached to an aromatic ring is 1. The molecule has 4 aliphatic rings. The first-order chi connectivity index (χ1) is 30.7. The van der Waals surface area contributed by atoms with Crippen LogP contribution in [0.25, 0.3) is 33.7 Å². The Morgan fingerprint density at radius 1 is 0.873 bits per heavy atom. The van der Waals surface area contributed by atoms with E-state index in [9.17, 15) is 14.4 Å². The van der Waals surface area contributed by atoms with Crippen LogP contribution in [0.1, 0.15) is 125 Å². The number of pyridine rings is 1. The molecule has 0 bridgehead atoms. The van der Waals surface area contributed by atoms with Crippen LogP contribution in [-0.4, -0.2) is 109 Å². The van der Waals surface area contributed by atoms with Crippen molar-refractivity contribution >= 4 is 40.3 Å². The van der Waals surface area contributed by atoms with Gasteiger partial charge in [0, 0.05) is 62.9 Å². The fourth-order valence-electron chi connectivity index (χ4n) is 9.42. The lowest BCUT2D eigenvalue weighted by atomic mass is 9.89. The lowest BCUT2D eigenvalue weighted by molar-refractivity contribution is -0.134. The Hall–Kier alpha value is -5.74. The second-order valence-electron chi connectivity index (χ2n) is 18.0. The zero-order valence-electron chi connectivity index (χ0n) is 36.4. The number of amides is 3. The smallest absolute Gasteiger partial charge is 0.249 e. The van der Waals surface area contributed by atoms with Crippen LogP contribution in [0, 0.1) is 0 Å². The maximum absolute atomic E-state index is 13.1. The van der Waals surface area contributed by atoms with Gasteiger partial charge in [-0.1, -0.05) is 23.4 Å². The summed E-state index contributed by atoms with van der Waals surface area (Å²) in [7, 11) is 0. The van der Waals surface area contributed by atoms with Crippen LogP contribution in [0.2, 0.25) is 0 Å². The average Bonchev–Trinajstić information content (AvgIpc) is 3.92. The molecule has 1 aromatic carbocycles. The van der Waals surface area contributed by atoms with Crippen LogP contribution in [-0.2, 0) is 19.1 Å². The van der Waals surface area contributed by atoms with Crippen LogP contribution in [0.15, 0.2) is 53.4 Å². The number of likely N-dealkylation sites (tertiary alicyclic amines) is 2. The molecule has 9 rings (SSSR count). The van der Waals surface area contributed by atoms with Crippen molar-refractivity contribution < 1.29 is 23.6 Å². The summed E-state index contributed by atoms with van der Waals surface area (Å²) in [6.07, 6.45) is 12.7. The number of piperidine rings is 3. The Morgan fingerprint density at radius 2 is 1.62 bits per heavy atom. The van der Waals surface area contributed by atoms with E-state index < -0.39 is 0 Å². The van der Waals surface area contributed by atoms with E-state index in [2.05, 4.69) is 68.8 Å². The molecule has 3 saturated heterocycles. The number of hydrogen-bond acceptors (Lipinski definition) is 13. The van der Waals surface area contributed by atoms with Gasteiger partial charge >= 0.3 is 0 Å². The molecule has 16 heteroatoms. The Kier molecular flexibility index (Phi) is 12.8. The number of ether oxygens (including phenoxy) is 1. The third kappa shape index (κ3) is 9.61. The lowest BCUT2D eigenvalue weighted by Gasteiger charge is -2.32. The van der Waals surface area contributed by atoms with E-state index >= 15 is 0 Å². The average molecular weight is 858 g/mol. The van der Waals surface area contributed by atoms with E-state index in [0.29, 0.717) is 78.5 Å². The second-order valence-corrected chi connectivity index (χ2v) is 18.0. The van der Waals surface area contributed by atoms with Crippen molar-refractivity contribution in [3.63, 3.8) is 0 Å². The van der Waals surface area contributed by atoms with Crippen LogP contribution in [0.3, 0.4) is 0 Å². The minimum Gasteiger partial charge on any atom is -0.383 e. The predicted molar refractivity (Wildman–Crippen MR) is 239 cm³/mol. The van der Waals surface area contributed by atoms with Crippen molar-refractivity contribution in [1.82, 2.24) is 45.0 Å². The van der Waals surface area contributed by atoms with E-state index in [1.165, 1.54) is 17.5 Å². The molecule has 1 saturated carbocycles. The van der Waals surface area contributed by atoms with Crippen LogP contribution < -0.4 is 16.4 Å². The summed E-state index contributed by atoms with van der Waals surface area (Å²) in [5.74, 6) is 2.13. The molecule has 0 radical (unpaired) electrons. The van der Waals surface area contributed by atoms with Crippen LogP contribution >= 0.6 is 0 Å². The molecule has 5 aromatic rings. The molecular formula is C47H59N11O5. The number of hydrogen-bond donors (Lipinski definition) is 3. The zero-order chi connectivity index (χ0) is 43.5. The predicted octanol–water partition coefficient (Wildman–Crippen LogP) is 6.57. The molecular weight excluding hydrogens is 799 g/mol. The fraction of sp³-hybridized carbons (Fsp3) is 0.532. The third-order valence-electron chi connectivity index (χ3n) is 13.3. The summed E-state index contributed by atoms with van der Waals surface area (Å²) < 4.78 is 13.8. The summed E-state index contributed by atoms with van der Waals surface area (Å²) in [5.41, 5.74) is 13.3. The van der Waals surface area contributed by atoms with Crippen molar-refractivity contribution in [3.05, 3.63) is 65.8 Å². The highest BCUT2D eigenvalue weighted by Crippen LogP contribution is 2.48. The fourth-order valence-corrected chi connectivity index (χ4v) is 9.42. The maximum atomic E-state index is 13.1. The first-order valence-corrected chi connectivity index (χ1v) is 22.9. The van der Waals surface area contributed by atoms with Crippen molar-refractivity contribution in [2.75, 3.05) is 57.0 Å². The SMILES string of the molecule is CC(C)n1nc(-c2noc(C3CC3)c2-c2ccc(C3CCN(C(=O)CCCCOCCN4CCC(c5ccc(N[C@@H]6CCC(=O)NC6=O)cc5)CC4)CC3)cn2)c2c(N)ncnc21. The van der Waals surface area contributed by atoms with Gasteiger partial charge in [0.05, 0.1) is 23.3 Å². The number of carbonyl (C=O) groups is 3. The molecule has 16 nitrogen and oxygen atoms in total. The second kappa shape index (κ2) is 18.9. The first kappa shape index (κ1) is 42.6. The van der Waals surface area contributed by atoms with Gasteiger partial charge in [0.2, 0.25) is 17.7 Å². The molecule has 3 aliphatic heterocycles. The molecule has 4 aromatic heterocycles. The van der Waals surface area contributed by atoms with E-state index in [1.54, 1.807) is 0 Å². The van der Waals surface area contributed by atoms with Gasteiger partial charge in [0.25, 0.3) is 0 Å². The van der Waals surface area contributed by atoms with Crippen molar-refractivity contribution in [3.8, 4) is 22.6 Å². The minimum atomic E-state index is -0.371. The van der Waals surface area contributed by atoms with Crippen molar-refractivity contribution in [1.29, 1.82) is 0 Å². The molecule has 4 N–H and O–H groups in total. The number of unbranched alkanes of at least 4 members (excludes halogenated alkanes) is 1. The quantitative estimate of drug-likeness (QED) is 0.0712. The topological polar surface area (TPSA) is 200 Å². The lowest BCUT2D eigenvalue weighted by Crippen LogP contribution is -2.47. The molecule has 7 heterocycles. The third-order valence-corrected chi connectivity index (χ3v) is 13.3. The summed E-state index contributed by atoms with van der Waals surface area (Å²) >= 11 is 0. The van der Waals surface area contributed by atoms with E-state index in [1.807, 2.05) is 27.9 Å². The minimum absolute atomic E-state index is 0.0593. The molecule has 1 aliphatic carbocycles. The molecule has 4 fully saturated rings. The highest BCUT2D eigenvalue weighted by molar-refractivity contribution is 6.02. The zero-order valence-corrected chi connectivity index (χ0v) is 36.4. The Morgan fingerprint density at radius 3 is 2.33 bits per heavy atom. The number of nitrogens with two attached hydrogens (primary N) is 1. The monoisotopic (exact) mass is 857 g/mol. The van der Waals surface area contributed by atoms with Gasteiger partial charge in [-0.25, -0.2) is 14.6 Å². The highest BCUT2D eigenvalue weighted by atomic mass is 16.5. The molecule has 0 spiro atoms. The number of carbonyl (C=O) groups excluding carboxylic acids is 3. The number of fused-ring (bicyclic) bond motifs is 1. The van der Waals surface area contributed by atoms with E-state index in [-0.39, 0.29) is 29.8 Å². The van der Waals surface area contributed by atoms with E-state index in [0.717, 1.165) is 107 Å². The molecule has 3 amide bonds. The Labute approximate surface area is 367 Å². The number of nitrogens with zero attached hydrogens (tertiary/aromatic N) is 8. The first-order valence-electron chi connectivity index (χ1n) is 22.9. The summed E-state index contributed by atoms with van der Waals surface area (Å²) in [4.78, 5) is 54.9. The molecule has 63 heavy (non-hydrogen) atoms. The van der Waals surface area contributed by atoms with Crippen molar-refractivity contribution in [2.45, 2.75) is 114 Å². The maximum Gasteiger partial charge on any atom is 0.249 e. The van der Waals surface area contributed by atoms with Crippen LogP contribution in [0.4, 0.5) is 11.5 Å². The summed E-state index contributed by atoms with van der Waals surface area (Å²) in [6.45, 7) is 9.99. The van der Waals surface area contributed by atoms with Gasteiger partial charge in [0.15, 0.2) is 5.65 Å². The number of benzene rings is 1. The standard InChI is InChI=1S/C47H59N11O5/c1-29(2)58-46-41(45(48)50-28-51-46)42(54-58)43-40(44(63-55-43)33-6-7-33)36-13-10-34(27-49-36)32-18-22-57(23-19-32)39(60)5-3-4-25-62-26-24-56-20-16-31(17-21-56)30-8-11-35(12-9-30)52-37-14-15-38(59)53-47(37)61/h8-13,27-29,31-33,37,52H,3-7,14-26H2,1-2H3,(H2,48,50,51)(H,53,59,61)/t37-/m1/s1. The summed E-state index contributed by atoms with van der Waals surface area (Å²) in [6, 6.07) is 12.3.